The summed E-state index contributed by atoms with van der Waals surface area (Å²) in [6.07, 6.45) is 4.46. The van der Waals surface area contributed by atoms with Gasteiger partial charge >= 0.3 is 0 Å². The van der Waals surface area contributed by atoms with E-state index in [0.29, 0.717) is 12.4 Å². The molecule has 0 bridgehead atoms. The summed E-state index contributed by atoms with van der Waals surface area (Å²) in [5.41, 5.74) is 3.26. The van der Waals surface area contributed by atoms with Crippen LogP contribution in [0.25, 0.3) is 0 Å². The Kier molecular flexibility index (Phi) is 7.41. The Labute approximate surface area is 212 Å². The van der Waals surface area contributed by atoms with Gasteiger partial charge in [0.1, 0.15) is 23.0 Å². The third-order valence-corrected chi connectivity index (χ3v) is 6.82. The fourth-order valence-electron chi connectivity index (χ4n) is 4.85. The number of hydrogen-bond acceptors (Lipinski definition) is 8. The molecule has 8 heteroatoms. The molecule has 0 aliphatic carbocycles. The lowest BCUT2D eigenvalue weighted by Gasteiger charge is -2.32. The van der Waals surface area contributed by atoms with Crippen LogP contribution in [-0.2, 0) is 19.5 Å². The SMILES string of the molecule is COc1ccc(Oc2nc(N3CCCCC3)nc3c2CN(Cc2cc(OC)cc(OC)c2)CC3)cc1. The fourth-order valence-corrected chi connectivity index (χ4v) is 4.85. The first-order chi connectivity index (χ1) is 17.6. The smallest absolute Gasteiger partial charge is 0.228 e. The summed E-state index contributed by atoms with van der Waals surface area (Å²) in [4.78, 5) is 14.6. The van der Waals surface area contributed by atoms with Gasteiger partial charge in [-0.3, -0.25) is 4.90 Å². The summed E-state index contributed by atoms with van der Waals surface area (Å²) in [5, 5.41) is 0. The second-order valence-corrected chi connectivity index (χ2v) is 9.26. The van der Waals surface area contributed by atoms with E-state index >= 15 is 0 Å². The number of hydrogen-bond donors (Lipinski definition) is 0. The topological polar surface area (TPSA) is 69.2 Å². The van der Waals surface area contributed by atoms with E-state index in [1.54, 1.807) is 21.3 Å². The second kappa shape index (κ2) is 11.0. The van der Waals surface area contributed by atoms with E-state index in [2.05, 4.69) is 21.9 Å². The summed E-state index contributed by atoms with van der Waals surface area (Å²) < 4.78 is 22.6. The van der Waals surface area contributed by atoms with Gasteiger partial charge in [-0.05, 0) is 61.2 Å². The maximum absolute atomic E-state index is 6.38. The number of aromatic nitrogens is 2. The maximum Gasteiger partial charge on any atom is 0.228 e. The average molecular weight is 491 g/mol. The van der Waals surface area contributed by atoms with Crippen LogP contribution in [0.3, 0.4) is 0 Å². The lowest BCUT2D eigenvalue weighted by molar-refractivity contribution is 0.237. The molecule has 0 unspecified atom stereocenters. The first-order valence-corrected chi connectivity index (χ1v) is 12.6. The van der Waals surface area contributed by atoms with Gasteiger partial charge in [0, 0.05) is 45.2 Å². The van der Waals surface area contributed by atoms with Gasteiger partial charge in [-0.1, -0.05) is 0 Å². The summed E-state index contributed by atoms with van der Waals surface area (Å²) in [7, 11) is 5.01. The third kappa shape index (κ3) is 5.49. The minimum absolute atomic E-state index is 0.638. The molecule has 0 spiro atoms. The van der Waals surface area contributed by atoms with E-state index in [9.17, 15) is 0 Å². The number of anilines is 1. The first-order valence-electron chi connectivity index (χ1n) is 12.6. The number of rotatable bonds is 8. The van der Waals surface area contributed by atoms with Gasteiger partial charge < -0.3 is 23.8 Å². The predicted octanol–water partition coefficient (Wildman–Crippen LogP) is 4.84. The van der Waals surface area contributed by atoms with E-state index in [-0.39, 0.29) is 0 Å². The third-order valence-electron chi connectivity index (χ3n) is 6.82. The fraction of sp³-hybridized carbons (Fsp3) is 0.429. The molecule has 0 amide bonds. The molecule has 2 aromatic carbocycles. The highest BCUT2D eigenvalue weighted by atomic mass is 16.5. The van der Waals surface area contributed by atoms with Crippen LogP contribution in [0.1, 0.15) is 36.1 Å². The monoisotopic (exact) mass is 490 g/mol. The van der Waals surface area contributed by atoms with Crippen molar-refractivity contribution in [2.45, 2.75) is 38.8 Å². The standard InChI is InChI=1S/C28H34N4O4/c1-33-21-7-9-22(10-8-21)36-27-25-19-31(18-20-15-23(34-2)17-24(16-20)35-3)14-11-26(25)29-28(30-27)32-12-5-4-6-13-32/h7-10,15-17H,4-6,11-14,18-19H2,1-3H3. The molecule has 1 fully saturated rings. The highest BCUT2D eigenvalue weighted by molar-refractivity contribution is 5.45. The van der Waals surface area contributed by atoms with E-state index in [0.717, 1.165) is 78.4 Å². The Morgan fingerprint density at radius 1 is 0.750 bits per heavy atom. The molecule has 190 valence electrons. The Hall–Kier alpha value is -3.52. The number of piperidine rings is 1. The zero-order valence-corrected chi connectivity index (χ0v) is 21.3. The van der Waals surface area contributed by atoms with Gasteiger partial charge in [0.25, 0.3) is 0 Å². The van der Waals surface area contributed by atoms with Crippen molar-refractivity contribution in [3.63, 3.8) is 0 Å². The zero-order valence-electron chi connectivity index (χ0n) is 21.3. The normalized spacial score (nSPS) is 15.8. The molecule has 1 saturated heterocycles. The Bertz CT molecular complexity index is 1160. The Balaban J connectivity index is 1.43. The van der Waals surface area contributed by atoms with Crippen LogP contribution in [-0.4, -0.2) is 55.8 Å². The summed E-state index contributed by atoms with van der Waals surface area (Å²) >= 11 is 0. The van der Waals surface area contributed by atoms with Crippen LogP contribution in [0.15, 0.2) is 42.5 Å². The number of fused-ring (bicyclic) bond motifs is 1. The lowest BCUT2D eigenvalue weighted by Crippen LogP contribution is -2.34. The van der Waals surface area contributed by atoms with Crippen molar-refractivity contribution in [3.05, 3.63) is 59.3 Å². The van der Waals surface area contributed by atoms with Crippen molar-refractivity contribution >= 4 is 5.95 Å². The van der Waals surface area contributed by atoms with Gasteiger partial charge in [0.2, 0.25) is 11.8 Å². The van der Waals surface area contributed by atoms with Crippen molar-refractivity contribution < 1.29 is 18.9 Å². The molecule has 2 aliphatic rings. The molecular formula is C28H34N4O4. The van der Waals surface area contributed by atoms with Gasteiger partial charge in [-0.2, -0.15) is 4.98 Å². The van der Waals surface area contributed by atoms with E-state index in [1.165, 1.54) is 19.3 Å². The average Bonchev–Trinajstić information content (AvgIpc) is 2.93. The van der Waals surface area contributed by atoms with Crippen molar-refractivity contribution in [1.29, 1.82) is 0 Å². The van der Waals surface area contributed by atoms with Crippen molar-refractivity contribution in [2.24, 2.45) is 0 Å². The molecule has 3 heterocycles. The quantitative estimate of drug-likeness (QED) is 0.444. The van der Waals surface area contributed by atoms with Crippen LogP contribution < -0.4 is 23.8 Å². The van der Waals surface area contributed by atoms with Gasteiger partial charge in [0.05, 0.1) is 32.6 Å². The molecule has 3 aromatic rings. The number of nitrogens with zero attached hydrogens (tertiary/aromatic N) is 4. The largest absolute Gasteiger partial charge is 0.497 e. The molecule has 0 saturated carbocycles. The Morgan fingerprint density at radius 3 is 2.08 bits per heavy atom. The van der Waals surface area contributed by atoms with E-state index in [4.69, 9.17) is 28.9 Å². The molecule has 8 nitrogen and oxygen atoms in total. The van der Waals surface area contributed by atoms with Gasteiger partial charge in [-0.15, -0.1) is 0 Å². The first kappa shape index (κ1) is 24.2. The zero-order chi connectivity index (χ0) is 24.9. The Morgan fingerprint density at radius 2 is 1.42 bits per heavy atom. The van der Waals surface area contributed by atoms with E-state index < -0.39 is 0 Å². The molecule has 2 aliphatic heterocycles. The molecule has 1 aromatic heterocycles. The summed E-state index contributed by atoms with van der Waals surface area (Å²) in [5.74, 6) is 4.53. The van der Waals surface area contributed by atoms with Crippen LogP contribution in [0.2, 0.25) is 0 Å². The maximum atomic E-state index is 6.38. The highest BCUT2D eigenvalue weighted by Crippen LogP contribution is 2.33. The molecule has 0 atom stereocenters. The van der Waals surface area contributed by atoms with E-state index in [1.807, 2.05) is 30.3 Å². The second-order valence-electron chi connectivity index (χ2n) is 9.26. The van der Waals surface area contributed by atoms with Crippen molar-refractivity contribution in [1.82, 2.24) is 14.9 Å². The minimum atomic E-state index is 0.638. The molecular weight excluding hydrogens is 456 g/mol. The van der Waals surface area contributed by atoms with Crippen LogP contribution >= 0.6 is 0 Å². The highest BCUT2D eigenvalue weighted by Gasteiger charge is 2.26. The summed E-state index contributed by atoms with van der Waals surface area (Å²) in [6, 6.07) is 13.6. The molecule has 5 rings (SSSR count). The summed E-state index contributed by atoms with van der Waals surface area (Å²) in [6.45, 7) is 4.36. The van der Waals surface area contributed by atoms with Crippen LogP contribution in [0.5, 0.6) is 28.9 Å². The minimum Gasteiger partial charge on any atom is -0.497 e. The van der Waals surface area contributed by atoms with Crippen molar-refractivity contribution in [2.75, 3.05) is 45.9 Å². The van der Waals surface area contributed by atoms with Crippen molar-refractivity contribution in [3.8, 4) is 28.9 Å². The van der Waals surface area contributed by atoms with Crippen LogP contribution in [0.4, 0.5) is 5.95 Å². The molecule has 0 radical (unpaired) electrons. The number of ether oxygens (including phenoxy) is 4. The number of methoxy groups -OCH3 is 3. The van der Waals surface area contributed by atoms with Gasteiger partial charge in [-0.25, -0.2) is 4.98 Å². The molecule has 0 N–H and O–H groups in total. The van der Waals surface area contributed by atoms with Crippen LogP contribution in [0, 0.1) is 0 Å². The van der Waals surface area contributed by atoms with Gasteiger partial charge in [0.15, 0.2) is 0 Å². The lowest BCUT2D eigenvalue weighted by atomic mass is 10.1. The molecule has 36 heavy (non-hydrogen) atoms. The predicted molar refractivity (Wildman–Crippen MR) is 139 cm³/mol. The number of benzene rings is 2.